The topological polar surface area (TPSA) is 76.0 Å². The van der Waals surface area contributed by atoms with Crippen LogP contribution in [0.1, 0.15) is 35.7 Å². The van der Waals surface area contributed by atoms with Gasteiger partial charge in [0.05, 0.1) is 12.2 Å². The van der Waals surface area contributed by atoms with E-state index in [1.54, 1.807) is 6.08 Å². The first kappa shape index (κ1) is 15.9. The molecule has 1 aliphatic rings. The van der Waals surface area contributed by atoms with Gasteiger partial charge in [0.15, 0.2) is 17.3 Å². The molecular formula is C19H18O5. The Labute approximate surface area is 139 Å². The van der Waals surface area contributed by atoms with E-state index in [0.717, 1.165) is 24.2 Å². The molecule has 0 saturated heterocycles. The zero-order valence-corrected chi connectivity index (χ0v) is 13.3. The molecule has 0 unspecified atom stereocenters. The van der Waals surface area contributed by atoms with Crippen LogP contribution >= 0.6 is 0 Å². The van der Waals surface area contributed by atoms with Crippen molar-refractivity contribution in [3.05, 3.63) is 53.3 Å². The molecule has 0 bridgehead atoms. The summed E-state index contributed by atoms with van der Waals surface area (Å²) in [4.78, 5) is 12.3. The molecule has 1 heterocycles. The number of phenols is 2. The number of carbonyl (C=O) groups excluding carboxylic acids is 1. The van der Waals surface area contributed by atoms with E-state index in [-0.39, 0.29) is 28.6 Å². The average Bonchev–Trinajstić information content (AvgIpc) is 2.90. The number of ether oxygens (including phenoxy) is 2. The lowest BCUT2D eigenvalue weighted by molar-refractivity contribution is 0.101. The molecule has 0 amide bonds. The Hall–Kier alpha value is -2.95. The van der Waals surface area contributed by atoms with Gasteiger partial charge in [0, 0.05) is 0 Å². The van der Waals surface area contributed by atoms with Crippen LogP contribution in [0.15, 0.2) is 42.2 Å². The highest BCUT2D eigenvalue weighted by Crippen LogP contribution is 2.44. The van der Waals surface area contributed by atoms with E-state index < -0.39 is 5.75 Å². The number of rotatable bonds is 5. The molecule has 2 N–H and O–H groups in total. The van der Waals surface area contributed by atoms with Crippen molar-refractivity contribution in [1.82, 2.24) is 0 Å². The summed E-state index contributed by atoms with van der Waals surface area (Å²) < 4.78 is 11.0. The number of phenolic OH excluding ortho intramolecular Hbond substituents is 2. The minimum absolute atomic E-state index is 0.00855. The maximum absolute atomic E-state index is 12.3. The Morgan fingerprint density at radius 1 is 1.12 bits per heavy atom. The summed E-state index contributed by atoms with van der Waals surface area (Å²) in [6.07, 6.45) is 3.67. The van der Waals surface area contributed by atoms with Gasteiger partial charge in [0.25, 0.3) is 0 Å². The minimum atomic E-state index is -0.427. The number of benzene rings is 2. The third-order valence-electron chi connectivity index (χ3n) is 3.74. The Bertz CT molecular complexity index is 790. The van der Waals surface area contributed by atoms with E-state index >= 15 is 0 Å². The van der Waals surface area contributed by atoms with E-state index in [1.165, 1.54) is 12.1 Å². The molecule has 0 aromatic heterocycles. The monoisotopic (exact) mass is 326 g/mol. The van der Waals surface area contributed by atoms with Crippen LogP contribution in [0.25, 0.3) is 6.08 Å². The Balaban J connectivity index is 1.78. The highest BCUT2D eigenvalue weighted by molar-refractivity contribution is 6.15. The second-order valence-corrected chi connectivity index (χ2v) is 5.52. The van der Waals surface area contributed by atoms with Gasteiger partial charge in [-0.05, 0) is 42.3 Å². The Morgan fingerprint density at radius 3 is 2.58 bits per heavy atom. The lowest BCUT2D eigenvalue weighted by Gasteiger charge is -2.05. The third kappa shape index (κ3) is 3.06. The van der Waals surface area contributed by atoms with E-state index in [2.05, 4.69) is 6.92 Å². The number of allylic oxidation sites excluding steroid dienone is 1. The second kappa shape index (κ2) is 6.66. The Kier molecular flexibility index (Phi) is 4.42. The van der Waals surface area contributed by atoms with Crippen LogP contribution in [0.5, 0.6) is 23.0 Å². The van der Waals surface area contributed by atoms with E-state index in [0.29, 0.717) is 6.61 Å². The first-order valence-electron chi connectivity index (χ1n) is 7.82. The third-order valence-corrected chi connectivity index (χ3v) is 3.74. The van der Waals surface area contributed by atoms with E-state index in [1.807, 2.05) is 24.3 Å². The summed E-state index contributed by atoms with van der Waals surface area (Å²) in [5.74, 6) is -0.213. The van der Waals surface area contributed by atoms with Gasteiger partial charge in [-0.1, -0.05) is 25.5 Å². The number of carbonyl (C=O) groups is 1. The van der Waals surface area contributed by atoms with Crippen molar-refractivity contribution in [3.63, 3.8) is 0 Å². The molecule has 0 aliphatic carbocycles. The van der Waals surface area contributed by atoms with Gasteiger partial charge in [-0.15, -0.1) is 0 Å². The lowest BCUT2D eigenvalue weighted by atomic mass is 10.1. The highest BCUT2D eigenvalue weighted by Gasteiger charge is 2.31. The van der Waals surface area contributed by atoms with Crippen molar-refractivity contribution < 1.29 is 24.5 Å². The summed E-state index contributed by atoms with van der Waals surface area (Å²) in [5, 5.41) is 19.3. The summed E-state index contributed by atoms with van der Waals surface area (Å²) in [6.45, 7) is 2.78. The molecule has 5 heteroatoms. The van der Waals surface area contributed by atoms with Gasteiger partial charge in [-0.3, -0.25) is 4.79 Å². The number of fused-ring (bicyclic) bond motifs is 1. The number of hydrogen-bond donors (Lipinski definition) is 2. The number of ketones is 1. The standard InChI is InChI=1S/C19H18O5/c1-2-3-10-23-13-6-4-12(5-7-13)11-16-17(21)14-8-9-15(20)18(22)19(14)24-16/h4-9,11,20,22H,2-3,10H2,1H3/b16-11-. The highest BCUT2D eigenvalue weighted by atomic mass is 16.5. The summed E-state index contributed by atoms with van der Waals surface area (Å²) in [6, 6.07) is 10.0. The van der Waals surface area contributed by atoms with Crippen LogP contribution in [0.2, 0.25) is 0 Å². The summed E-state index contributed by atoms with van der Waals surface area (Å²) in [7, 11) is 0. The fourth-order valence-corrected chi connectivity index (χ4v) is 2.37. The predicted octanol–water partition coefficient (Wildman–Crippen LogP) is 3.89. The van der Waals surface area contributed by atoms with Gasteiger partial charge < -0.3 is 19.7 Å². The molecular weight excluding hydrogens is 308 g/mol. The van der Waals surface area contributed by atoms with Gasteiger partial charge in [0.2, 0.25) is 11.5 Å². The first-order chi connectivity index (χ1) is 11.6. The maximum Gasteiger partial charge on any atom is 0.232 e. The van der Waals surface area contributed by atoms with Crippen LogP contribution in [-0.4, -0.2) is 22.6 Å². The van der Waals surface area contributed by atoms with Crippen LogP contribution in [-0.2, 0) is 0 Å². The lowest BCUT2D eigenvalue weighted by Crippen LogP contribution is -1.98. The van der Waals surface area contributed by atoms with Gasteiger partial charge in [-0.2, -0.15) is 0 Å². The van der Waals surface area contributed by atoms with Crippen LogP contribution in [0.3, 0.4) is 0 Å². The number of aromatic hydroxyl groups is 2. The quantitative estimate of drug-likeness (QED) is 0.495. The van der Waals surface area contributed by atoms with Crippen molar-refractivity contribution >= 4 is 11.9 Å². The molecule has 0 fully saturated rings. The van der Waals surface area contributed by atoms with Crippen molar-refractivity contribution in [1.29, 1.82) is 0 Å². The number of hydrogen-bond acceptors (Lipinski definition) is 5. The van der Waals surface area contributed by atoms with Crippen LogP contribution in [0, 0.1) is 0 Å². The Morgan fingerprint density at radius 2 is 1.88 bits per heavy atom. The second-order valence-electron chi connectivity index (χ2n) is 5.52. The molecule has 0 radical (unpaired) electrons. The van der Waals surface area contributed by atoms with Crippen molar-refractivity contribution in [2.24, 2.45) is 0 Å². The first-order valence-corrected chi connectivity index (χ1v) is 7.82. The van der Waals surface area contributed by atoms with Crippen molar-refractivity contribution in [2.45, 2.75) is 19.8 Å². The smallest absolute Gasteiger partial charge is 0.232 e. The van der Waals surface area contributed by atoms with E-state index in [9.17, 15) is 15.0 Å². The largest absolute Gasteiger partial charge is 0.504 e. The number of unbranched alkanes of at least 4 members (excludes halogenated alkanes) is 1. The molecule has 0 atom stereocenters. The molecule has 0 saturated carbocycles. The molecule has 2 aromatic carbocycles. The van der Waals surface area contributed by atoms with Crippen LogP contribution in [0.4, 0.5) is 0 Å². The summed E-state index contributed by atoms with van der Waals surface area (Å²) >= 11 is 0. The van der Waals surface area contributed by atoms with Gasteiger partial charge in [0.1, 0.15) is 5.75 Å². The van der Waals surface area contributed by atoms with Crippen LogP contribution < -0.4 is 9.47 Å². The molecule has 3 rings (SSSR count). The van der Waals surface area contributed by atoms with Crippen molar-refractivity contribution in [2.75, 3.05) is 6.61 Å². The molecule has 124 valence electrons. The SMILES string of the molecule is CCCCOc1ccc(/C=C2\Oc3c(ccc(O)c3O)C2=O)cc1. The summed E-state index contributed by atoms with van der Waals surface area (Å²) in [5.41, 5.74) is 1.01. The number of Topliss-reactive ketones (excluding diaryl/α,β-unsaturated/α-hetero) is 1. The zero-order valence-electron chi connectivity index (χ0n) is 13.3. The van der Waals surface area contributed by atoms with Crippen molar-refractivity contribution in [3.8, 4) is 23.0 Å². The normalized spacial score (nSPS) is 14.5. The maximum atomic E-state index is 12.3. The molecule has 2 aromatic rings. The fourth-order valence-electron chi connectivity index (χ4n) is 2.37. The van der Waals surface area contributed by atoms with Gasteiger partial charge in [-0.25, -0.2) is 0 Å². The minimum Gasteiger partial charge on any atom is -0.504 e. The van der Waals surface area contributed by atoms with Gasteiger partial charge >= 0.3 is 0 Å². The molecule has 24 heavy (non-hydrogen) atoms. The molecule has 1 aliphatic heterocycles. The fraction of sp³-hybridized carbons (Fsp3) is 0.211. The predicted molar refractivity (Wildman–Crippen MR) is 89.6 cm³/mol. The average molecular weight is 326 g/mol. The van der Waals surface area contributed by atoms with E-state index in [4.69, 9.17) is 9.47 Å². The molecule has 5 nitrogen and oxygen atoms in total. The molecule has 0 spiro atoms. The zero-order chi connectivity index (χ0) is 17.1.